The Hall–Kier alpha value is -2.27. The Bertz CT molecular complexity index is 933. The molecule has 1 aromatic carbocycles. The average molecular weight is 396 g/mol. The molecule has 0 spiro atoms. The summed E-state index contributed by atoms with van der Waals surface area (Å²) in [5.41, 5.74) is 3.19. The smallest absolute Gasteiger partial charge is 0.228 e. The molecule has 2 aromatic heterocycles. The predicted octanol–water partition coefficient (Wildman–Crippen LogP) is 5.73. The summed E-state index contributed by atoms with van der Waals surface area (Å²) in [6.07, 6.45) is 10.7. The molecule has 1 aliphatic carbocycles. The van der Waals surface area contributed by atoms with Crippen LogP contribution in [0.4, 0.5) is 0 Å². The van der Waals surface area contributed by atoms with Gasteiger partial charge in [-0.05, 0) is 37.9 Å². The minimum Gasteiger partial charge on any atom is -0.495 e. The summed E-state index contributed by atoms with van der Waals surface area (Å²) in [5, 5.41) is 1.15. The van der Waals surface area contributed by atoms with Gasteiger partial charge in [0.05, 0.1) is 23.9 Å². The highest BCUT2D eigenvalue weighted by molar-refractivity contribution is 5.97. The topological polar surface area (TPSA) is 43.4 Å². The van der Waals surface area contributed by atoms with E-state index in [0.29, 0.717) is 5.89 Å². The maximum atomic E-state index is 5.93. The lowest BCUT2D eigenvalue weighted by atomic mass is 9.89. The van der Waals surface area contributed by atoms with Crippen molar-refractivity contribution in [1.82, 2.24) is 14.5 Å². The van der Waals surface area contributed by atoms with Gasteiger partial charge in [-0.2, -0.15) is 0 Å². The number of oxazole rings is 1. The van der Waals surface area contributed by atoms with Gasteiger partial charge >= 0.3 is 0 Å². The van der Waals surface area contributed by atoms with Crippen LogP contribution in [-0.2, 0) is 13.1 Å². The number of ether oxygens (including phenoxy) is 1. The molecule has 0 bridgehead atoms. The van der Waals surface area contributed by atoms with Gasteiger partial charge in [0.1, 0.15) is 12.0 Å². The number of nitrogens with zero attached hydrogens (tertiary/aromatic N) is 3. The van der Waals surface area contributed by atoms with Crippen LogP contribution in [0.15, 0.2) is 35.1 Å². The Balaban J connectivity index is 1.70. The van der Waals surface area contributed by atoms with E-state index < -0.39 is 0 Å². The van der Waals surface area contributed by atoms with Crippen molar-refractivity contribution < 1.29 is 9.15 Å². The second-order valence-corrected chi connectivity index (χ2v) is 8.16. The number of hydrogen-bond donors (Lipinski definition) is 0. The average Bonchev–Trinajstić information content (AvgIpc) is 3.37. The number of fused-ring (bicyclic) bond motifs is 1. The maximum Gasteiger partial charge on any atom is 0.228 e. The van der Waals surface area contributed by atoms with Crippen LogP contribution in [0.3, 0.4) is 0 Å². The lowest BCUT2D eigenvalue weighted by molar-refractivity contribution is 0.292. The Kier molecular flexibility index (Phi) is 6.24. The van der Waals surface area contributed by atoms with Crippen molar-refractivity contribution in [1.29, 1.82) is 0 Å². The number of para-hydroxylation sites is 1. The van der Waals surface area contributed by atoms with Crippen molar-refractivity contribution in [2.75, 3.05) is 20.2 Å². The van der Waals surface area contributed by atoms with Crippen LogP contribution >= 0.6 is 0 Å². The maximum absolute atomic E-state index is 5.93. The van der Waals surface area contributed by atoms with Gasteiger partial charge in [-0.1, -0.05) is 45.2 Å². The summed E-state index contributed by atoms with van der Waals surface area (Å²) in [5.74, 6) is 2.35. The molecule has 156 valence electrons. The molecule has 1 fully saturated rings. The third-order valence-electron chi connectivity index (χ3n) is 6.32. The fraction of sp³-hybridized carbons (Fsp3) is 0.542. The molecule has 2 heterocycles. The van der Waals surface area contributed by atoms with Crippen molar-refractivity contribution in [3.8, 4) is 17.2 Å². The molecular weight excluding hydrogens is 362 g/mol. The first-order valence-corrected chi connectivity index (χ1v) is 11.1. The van der Waals surface area contributed by atoms with E-state index in [9.17, 15) is 0 Å². The van der Waals surface area contributed by atoms with Crippen LogP contribution in [-0.4, -0.2) is 34.7 Å². The summed E-state index contributed by atoms with van der Waals surface area (Å²) in [7, 11) is 1.75. The molecule has 0 amide bonds. The normalized spacial score (nSPS) is 15.4. The Morgan fingerprint density at radius 2 is 1.97 bits per heavy atom. The molecule has 0 aliphatic heterocycles. The van der Waals surface area contributed by atoms with E-state index in [1.54, 1.807) is 13.4 Å². The molecule has 5 nitrogen and oxygen atoms in total. The largest absolute Gasteiger partial charge is 0.495 e. The zero-order valence-corrected chi connectivity index (χ0v) is 18.0. The molecule has 3 aromatic rings. The van der Waals surface area contributed by atoms with Gasteiger partial charge in [0.15, 0.2) is 0 Å². The quantitative estimate of drug-likeness (QED) is 0.489. The Morgan fingerprint density at radius 3 is 2.69 bits per heavy atom. The van der Waals surface area contributed by atoms with E-state index in [2.05, 4.69) is 41.6 Å². The lowest BCUT2D eigenvalue weighted by Gasteiger charge is -2.22. The van der Waals surface area contributed by atoms with Crippen molar-refractivity contribution in [2.45, 2.75) is 59.0 Å². The zero-order chi connectivity index (χ0) is 20.2. The van der Waals surface area contributed by atoms with Crippen molar-refractivity contribution in [2.24, 2.45) is 5.92 Å². The van der Waals surface area contributed by atoms with Crippen LogP contribution < -0.4 is 4.74 Å². The summed E-state index contributed by atoms with van der Waals surface area (Å²) in [6.45, 7) is 8.23. The molecule has 0 unspecified atom stereocenters. The summed E-state index contributed by atoms with van der Waals surface area (Å²) in [6, 6.07) is 6.25. The highest BCUT2D eigenvalue weighted by Gasteiger charge is 2.21. The van der Waals surface area contributed by atoms with E-state index in [4.69, 9.17) is 14.1 Å². The fourth-order valence-electron chi connectivity index (χ4n) is 4.63. The standard InChI is InChI=1S/C24H33N3O2/c1-4-26(5-2)15-19-17-29-24(25-19)21-16-27(14-18-10-7-6-8-11-18)23-20(21)12-9-13-22(23)28-3/h9,12-13,16-18H,4-8,10-11,14-15H2,1-3H3. The Morgan fingerprint density at radius 1 is 1.17 bits per heavy atom. The number of benzene rings is 1. The van der Waals surface area contributed by atoms with Gasteiger partial charge in [-0.15, -0.1) is 0 Å². The summed E-state index contributed by atoms with van der Waals surface area (Å²) >= 11 is 0. The second-order valence-electron chi connectivity index (χ2n) is 8.16. The summed E-state index contributed by atoms with van der Waals surface area (Å²) < 4.78 is 14.0. The SMILES string of the molecule is CCN(CC)Cc1coc(-c2cn(CC3CCCCC3)c3c(OC)cccc23)n1. The lowest BCUT2D eigenvalue weighted by Crippen LogP contribution is -2.22. The van der Waals surface area contributed by atoms with E-state index in [0.717, 1.165) is 60.0 Å². The van der Waals surface area contributed by atoms with E-state index >= 15 is 0 Å². The number of hydrogen-bond acceptors (Lipinski definition) is 4. The zero-order valence-electron chi connectivity index (χ0n) is 18.0. The first kappa shape index (κ1) is 20.0. The molecule has 1 saturated carbocycles. The van der Waals surface area contributed by atoms with Gasteiger partial charge in [-0.3, -0.25) is 4.90 Å². The summed E-state index contributed by atoms with van der Waals surface area (Å²) in [4.78, 5) is 7.16. The number of methoxy groups -OCH3 is 1. The minimum absolute atomic E-state index is 0.702. The van der Waals surface area contributed by atoms with Gasteiger partial charge in [0, 0.05) is 24.7 Å². The molecule has 0 N–H and O–H groups in total. The van der Waals surface area contributed by atoms with Crippen LogP contribution in [0.25, 0.3) is 22.4 Å². The molecule has 5 heteroatoms. The van der Waals surface area contributed by atoms with Crippen LogP contribution in [0.1, 0.15) is 51.6 Å². The van der Waals surface area contributed by atoms with E-state index in [1.807, 2.05) is 6.07 Å². The van der Waals surface area contributed by atoms with Crippen molar-refractivity contribution >= 4 is 10.9 Å². The van der Waals surface area contributed by atoms with Crippen LogP contribution in [0, 0.1) is 5.92 Å². The van der Waals surface area contributed by atoms with Gasteiger partial charge < -0.3 is 13.7 Å². The molecule has 0 radical (unpaired) electrons. The number of aromatic nitrogens is 2. The monoisotopic (exact) mass is 395 g/mol. The van der Waals surface area contributed by atoms with Crippen LogP contribution in [0.2, 0.25) is 0 Å². The predicted molar refractivity (Wildman–Crippen MR) is 117 cm³/mol. The first-order valence-electron chi connectivity index (χ1n) is 11.1. The number of rotatable bonds is 8. The van der Waals surface area contributed by atoms with Gasteiger partial charge in [0.25, 0.3) is 0 Å². The van der Waals surface area contributed by atoms with Crippen LogP contribution in [0.5, 0.6) is 5.75 Å². The third kappa shape index (κ3) is 4.20. The second kappa shape index (κ2) is 9.04. The molecule has 0 saturated heterocycles. The van der Waals surface area contributed by atoms with Gasteiger partial charge in [0.2, 0.25) is 5.89 Å². The highest BCUT2D eigenvalue weighted by atomic mass is 16.5. The molecule has 4 rings (SSSR count). The molecule has 0 atom stereocenters. The van der Waals surface area contributed by atoms with E-state index in [-0.39, 0.29) is 0 Å². The van der Waals surface area contributed by atoms with Crippen molar-refractivity contribution in [3.05, 3.63) is 36.4 Å². The first-order chi connectivity index (χ1) is 14.2. The fourth-order valence-corrected chi connectivity index (χ4v) is 4.63. The minimum atomic E-state index is 0.702. The van der Waals surface area contributed by atoms with Gasteiger partial charge in [-0.25, -0.2) is 4.98 Å². The molecule has 1 aliphatic rings. The molecular formula is C24H33N3O2. The van der Waals surface area contributed by atoms with E-state index in [1.165, 1.54) is 32.1 Å². The third-order valence-corrected chi connectivity index (χ3v) is 6.32. The Labute approximate surface area is 173 Å². The molecule has 29 heavy (non-hydrogen) atoms. The van der Waals surface area contributed by atoms with Crippen molar-refractivity contribution in [3.63, 3.8) is 0 Å². The highest BCUT2D eigenvalue weighted by Crippen LogP contribution is 2.37.